The number of halogens is 1. The summed E-state index contributed by atoms with van der Waals surface area (Å²) in [5, 5.41) is 4.99. The van der Waals surface area contributed by atoms with Crippen LogP contribution >= 0.6 is 22.9 Å². The summed E-state index contributed by atoms with van der Waals surface area (Å²) in [6.07, 6.45) is 2.94. The molecule has 1 saturated heterocycles. The zero-order valence-corrected chi connectivity index (χ0v) is 19.5. The van der Waals surface area contributed by atoms with E-state index in [-0.39, 0.29) is 5.56 Å². The van der Waals surface area contributed by atoms with Crippen LogP contribution in [0.3, 0.4) is 0 Å². The maximum Gasteiger partial charge on any atom is 0.273 e. The van der Waals surface area contributed by atoms with Crippen molar-refractivity contribution >= 4 is 38.7 Å². The van der Waals surface area contributed by atoms with Gasteiger partial charge in [0.05, 0.1) is 18.5 Å². The van der Waals surface area contributed by atoms with Crippen LogP contribution in [0.2, 0.25) is 5.02 Å². The van der Waals surface area contributed by atoms with Crippen LogP contribution in [0.5, 0.6) is 5.75 Å². The number of hydrogen-bond acceptors (Lipinski definition) is 5. The molecule has 32 heavy (non-hydrogen) atoms. The molecule has 0 bridgehead atoms. The number of methoxy groups -OCH3 is 1. The summed E-state index contributed by atoms with van der Waals surface area (Å²) in [7, 11) is 3.68. The Morgan fingerprint density at radius 1 is 1.12 bits per heavy atom. The third kappa shape index (κ3) is 3.79. The third-order valence-corrected chi connectivity index (χ3v) is 7.52. The molecule has 7 heteroatoms. The zero-order chi connectivity index (χ0) is 22.2. The highest BCUT2D eigenvalue weighted by atomic mass is 35.5. The lowest BCUT2D eigenvalue weighted by molar-refractivity contribution is 0.414. The zero-order valence-electron chi connectivity index (χ0n) is 18.0. The first-order valence-corrected chi connectivity index (χ1v) is 11.8. The van der Waals surface area contributed by atoms with Crippen LogP contribution in [0.1, 0.15) is 6.42 Å². The van der Waals surface area contributed by atoms with Crippen molar-refractivity contribution in [1.82, 2.24) is 9.88 Å². The summed E-state index contributed by atoms with van der Waals surface area (Å²) >= 11 is 7.52. The number of benzene rings is 2. The van der Waals surface area contributed by atoms with Crippen LogP contribution in [-0.4, -0.2) is 37.9 Å². The van der Waals surface area contributed by atoms with Gasteiger partial charge in [-0.1, -0.05) is 23.7 Å². The number of aromatic nitrogens is 1. The van der Waals surface area contributed by atoms with E-state index in [1.807, 2.05) is 55.7 Å². The Labute approximate surface area is 195 Å². The summed E-state index contributed by atoms with van der Waals surface area (Å²) in [5.74, 6) is 0.777. The van der Waals surface area contributed by atoms with Crippen LogP contribution in [-0.2, 0) is 0 Å². The fraction of sp³-hybridized carbons (Fsp3) is 0.240. The normalized spacial score (nSPS) is 16.1. The number of nitrogens with one attached hydrogen (secondary N) is 1. The van der Waals surface area contributed by atoms with Gasteiger partial charge in [-0.25, -0.2) is 0 Å². The van der Waals surface area contributed by atoms with E-state index < -0.39 is 0 Å². The van der Waals surface area contributed by atoms with Gasteiger partial charge < -0.3 is 15.0 Å². The van der Waals surface area contributed by atoms with E-state index in [1.54, 1.807) is 11.7 Å². The highest BCUT2D eigenvalue weighted by Crippen LogP contribution is 2.34. The Morgan fingerprint density at radius 3 is 2.66 bits per heavy atom. The standard InChI is InChI=1S/C25H24ClN3O2S/c1-27-19-10-11-28(15-19)21-8-7-20(14-22(21)31-2)29-12-9-17-13-23(32-24(17)25(29)30)16-3-5-18(26)6-4-16/h3-9,12-14,19,27H,10-11,15H2,1-2H3/t19-/m0/s1. The van der Waals surface area contributed by atoms with Gasteiger partial charge in [0, 0.05) is 46.7 Å². The van der Waals surface area contributed by atoms with Gasteiger partial charge in [-0.05, 0) is 55.4 Å². The number of fused-ring (bicyclic) bond motifs is 1. The molecule has 1 atom stereocenters. The predicted octanol–water partition coefficient (Wildman–Crippen LogP) is 5.18. The van der Waals surface area contributed by atoms with Crippen molar-refractivity contribution < 1.29 is 4.74 Å². The molecule has 1 aliphatic rings. The van der Waals surface area contributed by atoms with Crippen molar-refractivity contribution in [3.8, 4) is 21.9 Å². The molecule has 0 spiro atoms. The van der Waals surface area contributed by atoms with Crippen molar-refractivity contribution in [1.29, 1.82) is 0 Å². The van der Waals surface area contributed by atoms with Crippen LogP contribution in [0.4, 0.5) is 5.69 Å². The lowest BCUT2D eigenvalue weighted by Crippen LogP contribution is -2.29. The van der Waals surface area contributed by atoms with Gasteiger partial charge in [-0.15, -0.1) is 11.3 Å². The summed E-state index contributed by atoms with van der Waals surface area (Å²) < 4.78 is 8.13. The van der Waals surface area contributed by atoms with Gasteiger partial charge in [-0.3, -0.25) is 9.36 Å². The maximum absolute atomic E-state index is 13.3. The SMILES string of the molecule is CN[C@H]1CCN(c2ccc(-n3ccc4cc(-c5ccc(Cl)cc5)sc4c3=O)cc2OC)C1. The topological polar surface area (TPSA) is 46.5 Å². The highest BCUT2D eigenvalue weighted by molar-refractivity contribution is 7.22. The minimum Gasteiger partial charge on any atom is -0.495 e. The van der Waals surface area contributed by atoms with Crippen molar-refractivity contribution in [2.45, 2.75) is 12.5 Å². The quantitative estimate of drug-likeness (QED) is 0.441. The molecule has 0 amide bonds. The van der Waals surface area contributed by atoms with Crippen molar-refractivity contribution in [3.63, 3.8) is 0 Å². The first kappa shape index (κ1) is 21.1. The lowest BCUT2D eigenvalue weighted by Gasteiger charge is -2.22. The molecule has 4 aromatic rings. The average Bonchev–Trinajstić information content (AvgIpc) is 3.47. The van der Waals surface area contributed by atoms with Crippen LogP contribution in [0, 0.1) is 0 Å². The smallest absolute Gasteiger partial charge is 0.273 e. The number of rotatable bonds is 5. The second kappa shape index (κ2) is 8.62. The first-order valence-electron chi connectivity index (χ1n) is 10.6. The minimum atomic E-state index is -0.0288. The third-order valence-electron chi connectivity index (χ3n) is 6.08. The second-order valence-electron chi connectivity index (χ2n) is 7.97. The van der Waals surface area contributed by atoms with Crippen molar-refractivity contribution in [3.05, 3.63) is 76.2 Å². The number of pyridine rings is 1. The Morgan fingerprint density at radius 2 is 1.94 bits per heavy atom. The van der Waals surface area contributed by atoms with Gasteiger partial charge in [-0.2, -0.15) is 0 Å². The van der Waals surface area contributed by atoms with Crippen LogP contribution < -0.4 is 20.5 Å². The van der Waals surface area contributed by atoms with E-state index in [2.05, 4.69) is 22.3 Å². The molecule has 5 nitrogen and oxygen atoms in total. The Hall–Kier alpha value is -2.80. The molecule has 0 aliphatic carbocycles. The van der Waals surface area contributed by atoms with E-state index in [1.165, 1.54) is 11.3 Å². The minimum absolute atomic E-state index is 0.0288. The average molecular weight is 466 g/mol. The Balaban J connectivity index is 1.52. The molecule has 5 rings (SSSR count). The predicted molar refractivity (Wildman–Crippen MR) is 134 cm³/mol. The van der Waals surface area contributed by atoms with Gasteiger partial charge in [0.15, 0.2) is 0 Å². The number of thiophene rings is 1. The molecular weight excluding hydrogens is 442 g/mol. The van der Waals surface area contributed by atoms with Gasteiger partial charge in [0.2, 0.25) is 0 Å². The van der Waals surface area contributed by atoms with E-state index in [0.29, 0.717) is 11.1 Å². The summed E-state index contributed by atoms with van der Waals surface area (Å²) in [4.78, 5) is 16.7. The Kier molecular flexibility index (Phi) is 5.67. The molecule has 0 radical (unpaired) electrons. The van der Waals surface area contributed by atoms with Gasteiger partial charge >= 0.3 is 0 Å². The number of anilines is 1. The fourth-order valence-corrected chi connectivity index (χ4v) is 5.50. The highest BCUT2D eigenvalue weighted by Gasteiger charge is 2.24. The van der Waals surface area contributed by atoms with Crippen molar-refractivity contribution in [2.24, 2.45) is 0 Å². The molecular formula is C25H24ClN3O2S. The monoisotopic (exact) mass is 465 g/mol. The summed E-state index contributed by atoms with van der Waals surface area (Å²) in [6, 6.07) is 18.2. The molecule has 3 heterocycles. The maximum atomic E-state index is 13.3. The number of likely N-dealkylation sites (N-methyl/N-ethyl adjacent to an activating group) is 1. The molecule has 1 aliphatic heterocycles. The van der Waals surface area contributed by atoms with Gasteiger partial charge in [0.25, 0.3) is 5.56 Å². The van der Waals surface area contributed by atoms with E-state index in [4.69, 9.17) is 16.3 Å². The van der Waals surface area contributed by atoms with E-state index in [0.717, 1.165) is 57.2 Å². The summed E-state index contributed by atoms with van der Waals surface area (Å²) in [6.45, 7) is 1.93. The molecule has 2 aromatic carbocycles. The first-order chi connectivity index (χ1) is 15.6. The van der Waals surface area contributed by atoms with Crippen LogP contribution in [0.25, 0.3) is 26.2 Å². The van der Waals surface area contributed by atoms with E-state index >= 15 is 0 Å². The van der Waals surface area contributed by atoms with Crippen LogP contribution in [0.15, 0.2) is 65.6 Å². The van der Waals surface area contributed by atoms with Crippen molar-refractivity contribution in [2.75, 3.05) is 32.1 Å². The molecule has 0 unspecified atom stereocenters. The van der Waals surface area contributed by atoms with Gasteiger partial charge in [0.1, 0.15) is 10.4 Å². The number of ether oxygens (including phenoxy) is 1. The fourth-order valence-electron chi connectivity index (χ4n) is 4.28. The molecule has 164 valence electrons. The van der Waals surface area contributed by atoms with E-state index in [9.17, 15) is 4.79 Å². The molecule has 2 aromatic heterocycles. The molecule has 1 N–H and O–H groups in total. The summed E-state index contributed by atoms with van der Waals surface area (Å²) in [5.41, 5.74) is 2.88. The Bertz CT molecular complexity index is 1330. The molecule has 1 fully saturated rings. The number of hydrogen-bond donors (Lipinski definition) is 1. The largest absolute Gasteiger partial charge is 0.495 e. The lowest BCUT2D eigenvalue weighted by atomic mass is 10.2. The number of nitrogens with zero attached hydrogens (tertiary/aromatic N) is 2. The second-order valence-corrected chi connectivity index (χ2v) is 9.46. The molecule has 0 saturated carbocycles.